The molecule has 0 radical (unpaired) electrons. The first kappa shape index (κ1) is 16.0. The fraction of sp³-hybridized carbons (Fsp3) is 0.0526. The van der Waals surface area contributed by atoms with Crippen LogP contribution in [0.3, 0.4) is 0 Å². The van der Waals surface area contributed by atoms with Crippen LogP contribution < -0.4 is 5.32 Å². The largest absolute Gasteiger partial charge is 0.508 e. The van der Waals surface area contributed by atoms with Gasteiger partial charge < -0.3 is 10.4 Å². The number of Topliss-reactive ketones (excluding diaryl/α,β-unsaturated/α-hetero) is 1. The number of ketones is 1. The Hall–Kier alpha value is -2.92. The van der Waals surface area contributed by atoms with Crippen molar-refractivity contribution >= 4 is 28.5 Å². The topological polar surface area (TPSA) is 62.2 Å². The minimum atomic E-state index is -0.198. The number of anilines is 1. The molecular formula is C19H16N2O2S. The molecule has 0 unspecified atom stereocenters. The second-order valence-corrected chi connectivity index (χ2v) is 6.15. The van der Waals surface area contributed by atoms with E-state index in [9.17, 15) is 9.90 Å². The van der Waals surface area contributed by atoms with E-state index in [0.29, 0.717) is 22.5 Å². The van der Waals surface area contributed by atoms with Crippen LogP contribution in [0.2, 0.25) is 0 Å². The van der Waals surface area contributed by atoms with Gasteiger partial charge in [-0.3, -0.25) is 4.79 Å². The molecule has 2 aromatic heterocycles. The maximum absolute atomic E-state index is 12.7. The predicted molar refractivity (Wildman–Crippen MR) is 98.6 cm³/mol. The summed E-state index contributed by atoms with van der Waals surface area (Å²) < 4.78 is 0. The highest BCUT2D eigenvalue weighted by Gasteiger charge is 2.17. The number of nitrogens with one attached hydrogen (secondary N) is 1. The molecule has 0 aliphatic heterocycles. The number of thiophene rings is 1. The van der Waals surface area contributed by atoms with Crippen LogP contribution in [-0.2, 0) is 0 Å². The summed E-state index contributed by atoms with van der Waals surface area (Å²) in [5, 5.41) is 14.4. The molecule has 0 spiro atoms. The lowest BCUT2D eigenvalue weighted by Crippen LogP contribution is -2.06. The third kappa shape index (κ3) is 3.07. The van der Waals surface area contributed by atoms with Gasteiger partial charge in [0, 0.05) is 40.4 Å². The monoisotopic (exact) mass is 336 g/mol. The summed E-state index contributed by atoms with van der Waals surface area (Å²) in [7, 11) is 1.76. The molecule has 2 heterocycles. The van der Waals surface area contributed by atoms with Gasteiger partial charge in [0.05, 0.1) is 0 Å². The molecule has 24 heavy (non-hydrogen) atoms. The van der Waals surface area contributed by atoms with Gasteiger partial charge in [0.2, 0.25) is 0 Å². The molecule has 0 aliphatic carbocycles. The number of carbonyl (C=O) groups excluding carboxylic acids is 1. The van der Waals surface area contributed by atoms with Crippen molar-refractivity contribution in [2.75, 3.05) is 12.4 Å². The first-order chi connectivity index (χ1) is 11.6. The van der Waals surface area contributed by atoms with E-state index in [1.807, 2.05) is 23.6 Å². The van der Waals surface area contributed by atoms with Crippen LogP contribution in [0.1, 0.15) is 15.9 Å². The Kier molecular flexibility index (Phi) is 4.44. The van der Waals surface area contributed by atoms with E-state index in [-0.39, 0.29) is 11.5 Å². The summed E-state index contributed by atoms with van der Waals surface area (Å²) in [6.07, 6.45) is 1.78. The number of aromatic hydroxyl groups is 1. The third-order valence-corrected chi connectivity index (χ3v) is 4.58. The van der Waals surface area contributed by atoms with Crippen LogP contribution in [0.4, 0.5) is 5.82 Å². The molecule has 0 fully saturated rings. The summed E-state index contributed by atoms with van der Waals surface area (Å²) in [6, 6.07) is 12.0. The van der Waals surface area contributed by atoms with Crippen molar-refractivity contribution < 1.29 is 9.90 Å². The lowest BCUT2D eigenvalue weighted by atomic mass is 9.97. The van der Waals surface area contributed by atoms with Gasteiger partial charge in [-0.15, -0.1) is 11.3 Å². The Bertz CT molecular complexity index is 884. The van der Waals surface area contributed by atoms with Gasteiger partial charge in [-0.25, -0.2) is 4.98 Å². The predicted octanol–water partition coefficient (Wildman–Crippen LogP) is 4.45. The number of benzene rings is 1. The molecule has 3 aromatic rings. The highest BCUT2D eigenvalue weighted by atomic mass is 32.1. The van der Waals surface area contributed by atoms with Gasteiger partial charge in [0.25, 0.3) is 0 Å². The van der Waals surface area contributed by atoms with Crippen LogP contribution in [0.5, 0.6) is 5.75 Å². The SMILES string of the molecule is C=C(C(=O)c1ccc(O)cc1)c1cc(-c2cccs2)cnc1NC. The maximum atomic E-state index is 12.7. The van der Waals surface area contributed by atoms with Crippen LogP contribution in [0.15, 0.2) is 60.6 Å². The second-order valence-electron chi connectivity index (χ2n) is 5.20. The van der Waals surface area contributed by atoms with Crippen LogP contribution in [-0.4, -0.2) is 22.9 Å². The number of allylic oxidation sites excluding steroid dienone is 1. The zero-order valence-electron chi connectivity index (χ0n) is 13.1. The average molecular weight is 336 g/mol. The fourth-order valence-corrected chi connectivity index (χ4v) is 3.09. The van der Waals surface area contributed by atoms with Crippen LogP contribution in [0, 0.1) is 0 Å². The van der Waals surface area contributed by atoms with E-state index in [0.717, 1.165) is 10.4 Å². The van der Waals surface area contributed by atoms with Crippen molar-refractivity contribution in [3.05, 3.63) is 71.7 Å². The Labute approximate surface area is 144 Å². The van der Waals surface area contributed by atoms with Crippen molar-refractivity contribution in [1.29, 1.82) is 0 Å². The van der Waals surface area contributed by atoms with E-state index >= 15 is 0 Å². The maximum Gasteiger partial charge on any atom is 0.193 e. The van der Waals surface area contributed by atoms with Crippen LogP contribution in [0.25, 0.3) is 16.0 Å². The molecule has 0 saturated heterocycles. The Balaban J connectivity index is 2.00. The lowest BCUT2D eigenvalue weighted by molar-refractivity contribution is 0.105. The molecular weight excluding hydrogens is 320 g/mol. The normalized spacial score (nSPS) is 10.4. The number of carbonyl (C=O) groups is 1. The van der Waals surface area contributed by atoms with Crippen LogP contribution >= 0.6 is 11.3 Å². The van der Waals surface area contributed by atoms with Gasteiger partial charge in [-0.05, 0) is 41.8 Å². The first-order valence-corrected chi connectivity index (χ1v) is 8.23. The first-order valence-electron chi connectivity index (χ1n) is 7.35. The van der Waals surface area contributed by atoms with Crippen molar-refractivity contribution in [3.8, 4) is 16.2 Å². The highest BCUT2D eigenvalue weighted by Crippen LogP contribution is 2.31. The van der Waals surface area contributed by atoms with E-state index in [1.165, 1.54) is 12.1 Å². The number of hydrogen-bond donors (Lipinski definition) is 2. The molecule has 0 amide bonds. The summed E-state index contributed by atoms with van der Waals surface area (Å²) in [5.74, 6) is 0.526. The van der Waals surface area contributed by atoms with Gasteiger partial charge in [-0.2, -0.15) is 0 Å². The van der Waals surface area contributed by atoms with E-state index in [4.69, 9.17) is 0 Å². The minimum Gasteiger partial charge on any atom is -0.508 e. The average Bonchev–Trinajstić information content (AvgIpc) is 3.15. The Morgan fingerprint density at radius 2 is 2.00 bits per heavy atom. The molecule has 3 rings (SSSR count). The molecule has 1 aromatic carbocycles. The van der Waals surface area contributed by atoms with E-state index < -0.39 is 0 Å². The van der Waals surface area contributed by atoms with Gasteiger partial charge in [0.1, 0.15) is 11.6 Å². The number of nitrogens with zero attached hydrogens (tertiary/aromatic N) is 1. The fourth-order valence-electron chi connectivity index (χ4n) is 2.38. The number of rotatable bonds is 5. The number of phenols is 1. The molecule has 0 atom stereocenters. The molecule has 5 heteroatoms. The lowest BCUT2D eigenvalue weighted by Gasteiger charge is -2.12. The third-order valence-electron chi connectivity index (χ3n) is 3.66. The van der Waals surface area contributed by atoms with Crippen molar-refractivity contribution in [2.24, 2.45) is 0 Å². The van der Waals surface area contributed by atoms with E-state index in [1.54, 1.807) is 36.7 Å². The molecule has 0 bridgehead atoms. The standard InChI is InChI=1S/C19H16N2O2S/c1-12(18(23)13-5-7-15(22)8-6-13)16-10-14(11-21-19(16)20-2)17-4-3-9-24-17/h3-11,22H,1H2,2H3,(H,20,21). The highest BCUT2D eigenvalue weighted by molar-refractivity contribution is 7.13. The Morgan fingerprint density at radius 3 is 2.62 bits per heavy atom. The summed E-state index contributed by atoms with van der Waals surface area (Å²) in [6.45, 7) is 3.97. The zero-order chi connectivity index (χ0) is 17.1. The molecule has 0 saturated carbocycles. The van der Waals surface area contributed by atoms with Gasteiger partial charge in [-0.1, -0.05) is 12.6 Å². The Morgan fingerprint density at radius 1 is 1.25 bits per heavy atom. The quantitative estimate of drug-likeness (QED) is 0.534. The number of pyridine rings is 1. The summed E-state index contributed by atoms with van der Waals surface area (Å²) in [5.41, 5.74) is 2.44. The molecule has 0 aliphatic rings. The van der Waals surface area contributed by atoms with Crippen molar-refractivity contribution in [2.45, 2.75) is 0 Å². The van der Waals surface area contributed by atoms with Gasteiger partial charge in [0.15, 0.2) is 5.78 Å². The zero-order valence-corrected chi connectivity index (χ0v) is 13.9. The summed E-state index contributed by atoms with van der Waals surface area (Å²) in [4.78, 5) is 18.2. The van der Waals surface area contributed by atoms with Gasteiger partial charge >= 0.3 is 0 Å². The molecule has 4 nitrogen and oxygen atoms in total. The molecule has 2 N–H and O–H groups in total. The van der Waals surface area contributed by atoms with Crippen molar-refractivity contribution in [1.82, 2.24) is 4.98 Å². The smallest absolute Gasteiger partial charge is 0.193 e. The van der Waals surface area contributed by atoms with Crippen molar-refractivity contribution in [3.63, 3.8) is 0 Å². The summed E-state index contributed by atoms with van der Waals surface area (Å²) >= 11 is 1.61. The minimum absolute atomic E-state index is 0.120. The second kappa shape index (κ2) is 6.68. The number of phenolic OH excluding ortho intramolecular Hbond substituents is 1. The number of hydrogen-bond acceptors (Lipinski definition) is 5. The molecule has 120 valence electrons. The number of aromatic nitrogens is 1. The van der Waals surface area contributed by atoms with E-state index in [2.05, 4.69) is 16.9 Å².